The van der Waals surface area contributed by atoms with E-state index in [4.69, 9.17) is 0 Å². The van der Waals surface area contributed by atoms with Gasteiger partial charge in [-0.3, -0.25) is 4.79 Å². The van der Waals surface area contributed by atoms with Gasteiger partial charge >= 0.3 is 6.18 Å². The molecular formula is C19H14F3N3O. The van der Waals surface area contributed by atoms with Crippen LogP contribution in [0.4, 0.5) is 18.9 Å². The molecule has 0 aliphatic carbocycles. The summed E-state index contributed by atoms with van der Waals surface area (Å²) in [7, 11) is 0. The van der Waals surface area contributed by atoms with Crippen molar-refractivity contribution < 1.29 is 18.0 Å². The number of carbonyl (C=O) groups is 1. The summed E-state index contributed by atoms with van der Waals surface area (Å²) in [6, 6.07) is 13.5. The first-order chi connectivity index (χ1) is 12.4. The lowest BCUT2D eigenvalue weighted by Gasteiger charge is -2.50. The summed E-state index contributed by atoms with van der Waals surface area (Å²) < 4.78 is 43.4. The number of hydrogen-bond donors (Lipinski definition) is 2. The molecule has 1 unspecified atom stereocenters. The summed E-state index contributed by atoms with van der Waals surface area (Å²) in [5.74, 6) is -0.610. The van der Waals surface area contributed by atoms with Crippen LogP contribution >= 0.6 is 0 Å². The molecule has 3 heterocycles. The molecule has 0 saturated carbocycles. The van der Waals surface area contributed by atoms with Gasteiger partial charge in [0.15, 0.2) is 0 Å². The normalized spacial score (nSPS) is 21.8. The van der Waals surface area contributed by atoms with Crippen LogP contribution in [-0.4, -0.2) is 28.5 Å². The number of H-pyrrole nitrogens is 1. The number of alkyl halides is 3. The van der Waals surface area contributed by atoms with Crippen LogP contribution in [0.15, 0.2) is 48.5 Å². The van der Waals surface area contributed by atoms with E-state index < -0.39 is 17.7 Å². The Bertz CT molecular complexity index is 1060. The van der Waals surface area contributed by atoms with Crippen molar-refractivity contribution in [1.82, 2.24) is 9.88 Å². The number of halogens is 3. The van der Waals surface area contributed by atoms with Crippen molar-refractivity contribution in [2.24, 2.45) is 0 Å². The highest BCUT2D eigenvalue weighted by molar-refractivity contribution is 6.03. The van der Waals surface area contributed by atoms with E-state index in [1.165, 1.54) is 6.07 Å². The maximum Gasteiger partial charge on any atom is 0.436 e. The Labute approximate surface area is 146 Å². The SMILES string of the molecule is O=C1c2ccccc2NC2(C(F)(F)F)c3[nH]c4ccccc4c3CCN12. The van der Waals surface area contributed by atoms with Gasteiger partial charge < -0.3 is 15.2 Å². The van der Waals surface area contributed by atoms with Crippen LogP contribution in [0.2, 0.25) is 0 Å². The van der Waals surface area contributed by atoms with Gasteiger partial charge in [0.1, 0.15) is 0 Å². The monoisotopic (exact) mass is 357 g/mol. The average molecular weight is 357 g/mol. The highest BCUT2D eigenvalue weighted by Crippen LogP contribution is 2.51. The second-order valence-corrected chi connectivity index (χ2v) is 6.61. The first kappa shape index (κ1) is 15.3. The molecule has 1 aromatic heterocycles. The lowest BCUT2D eigenvalue weighted by molar-refractivity contribution is -0.223. The Morgan fingerprint density at radius 1 is 1.04 bits per heavy atom. The zero-order valence-electron chi connectivity index (χ0n) is 13.5. The summed E-state index contributed by atoms with van der Waals surface area (Å²) >= 11 is 0. The van der Waals surface area contributed by atoms with Crippen molar-refractivity contribution >= 4 is 22.5 Å². The number of hydrogen-bond acceptors (Lipinski definition) is 2. The minimum absolute atomic E-state index is 0.000281. The summed E-state index contributed by atoms with van der Waals surface area (Å²) in [4.78, 5) is 16.7. The van der Waals surface area contributed by atoms with E-state index in [0.717, 1.165) is 10.3 Å². The minimum Gasteiger partial charge on any atom is -0.354 e. The maximum atomic E-state index is 14.5. The van der Waals surface area contributed by atoms with Gasteiger partial charge in [-0.2, -0.15) is 13.2 Å². The molecule has 0 fully saturated rings. The molecule has 2 N–H and O–H groups in total. The van der Waals surface area contributed by atoms with E-state index in [1.54, 1.807) is 36.4 Å². The van der Waals surface area contributed by atoms with Gasteiger partial charge in [0.05, 0.1) is 11.3 Å². The molecule has 132 valence electrons. The van der Waals surface area contributed by atoms with Crippen molar-refractivity contribution in [3.05, 3.63) is 65.4 Å². The van der Waals surface area contributed by atoms with Gasteiger partial charge in [0.25, 0.3) is 11.6 Å². The van der Waals surface area contributed by atoms with Gasteiger partial charge in [-0.1, -0.05) is 30.3 Å². The molecule has 4 nitrogen and oxygen atoms in total. The number of anilines is 1. The third-order valence-electron chi connectivity index (χ3n) is 5.29. The van der Waals surface area contributed by atoms with Gasteiger partial charge in [-0.15, -0.1) is 0 Å². The highest BCUT2D eigenvalue weighted by atomic mass is 19.4. The number of fused-ring (bicyclic) bond motifs is 6. The van der Waals surface area contributed by atoms with Crippen molar-refractivity contribution in [1.29, 1.82) is 0 Å². The smallest absolute Gasteiger partial charge is 0.354 e. The molecule has 5 rings (SSSR count). The number of amides is 1. The number of aromatic nitrogens is 1. The van der Waals surface area contributed by atoms with Gasteiger partial charge in [-0.05, 0) is 30.2 Å². The fraction of sp³-hybridized carbons (Fsp3) is 0.211. The van der Waals surface area contributed by atoms with E-state index in [1.807, 2.05) is 6.07 Å². The maximum absolute atomic E-state index is 14.5. The quantitative estimate of drug-likeness (QED) is 0.639. The van der Waals surface area contributed by atoms with Crippen molar-refractivity contribution in [3.63, 3.8) is 0 Å². The van der Waals surface area contributed by atoms with Gasteiger partial charge in [0.2, 0.25) is 0 Å². The zero-order valence-corrected chi connectivity index (χ0v) is 13.5. The van der Waals surface area contributed by atoms with E-state index in [9.17, 15) is 18.0 Å². The average Bonchev–Trinajstić information content (AvgIpc) is 3.00. The lowest BCUT2D eigenvalue weighted by Crippen LogP contribution is -2.67. The van der Waals surface area contributed by atoms with E-state index in [-0.39, 0.29) is 23.5 Å². The molecule has 0 spiro atoms. The van der Waals surface area contributed by atoms with Crippen molar-refractivity contribution in [3.8, 4) is 0 Å². The van der Waals surface area contributed by atoms with Crippen LogP contribution in [0.5, 0.6) is 0 Å². The number of para-hydroxylation sites is 2. The van der Waals surface area contributed by atoms with Crippen LogP contribution in [0.3, 0.4) is 0 Å². The predicted molar refractivity (Wildman–Crippen MR) is 90.8 cm³/mol. The number of aromatic amines is 1. The summed E-state index contributed by atoms with van der Waals surface area (Å²) in [6.07, 6.45) is -4.33. The highest BCUT2D eigenvalue weighted by Gasteiger charge is 2.66. The first-order valence-electron chi connectivity index (χ1n) is 8.29. The predicted octanol–water partition coefficient (Wildman–Crippen LogP) is 4.01. The van der Waals surface area contributed by atoms with Crippen LogP contribution in [0.25, 0.3) is 10.9 Å². The fourth-order valence-corrected chi connectivity index (χ4v) is 4.16. The largest absolute Gasteiger partial charge is 0.436 e. The molecule has 1 amide bonds. The second kappa shape index (κ2) is 4.81. The Hall–Kier alpha value is -2.96. The molecular weight excluding hydrogens is 343 g/mol. The molecule has 1 atom stereocenters. The Balaban J connectivity index is 1.85. The number of benzene rings is 2. The number of nitrogens with zero attached hydrogens (tertiary/aromatic N) is 1. The number of carbonyl (C=O) groups excluding carboxylic acids is 1. The molecule has 2 aliphatic rings. The molecule has 26 heavy (non-hydrogen) atoms. The van der Waals surface area contributed by atoms with Crippen molar-refractivity contribution in [2.45, 2.75) is 18.3 Å². The zero-order chi connectivity index (χ0) is 18.1. The fourth-order valence-electron chi connectivity index (χ4n) is 4.16. The standard InChI is InChI=1S/C19H14F3N3O/c20-19(21,22)18-16-12(11-5-1-3-7-14(11)23-16)9-10-25(18)17(26)13-6-2-4-8-15(13)24-18/h1-8,23-24H,9-10H2. The van der Waals surface area contributed by atoms with Crippen LogP contribution in [0, 0.1) is 0 Å². The van der Waals surface area contributed by atoms with Crippen molar-refractivity contribution in [2.75, 3.05) is 11.9 Å². The number of nitrogens with one attached hydrogen (secondary N) is 2. The molecule has 3 aromatic rings. The van der Waals surface area contributed by atoms with E-state index >= 15 is 0 Å². The Morgan fingerprint density at radius 3 is 2.58 bits per heavy atom. The molecule has 2 aromatic carbocycles. The summed E-state index contributed by atoms with van der Waals surface area (Å²) in [6.45, 7) is -0.00543. The Morgan fingerprint density at radius 2 is 1.77 bits per heavy atom. The number of rotatable bonds is 0. The van der Waals surface area contributed by atoms with E-state index in [0.29, 0.717) is 17.5 Å². The van der Waals surface area contributed by atoms with Gasteiger partial charge in [-0.25, -0.2) is 0 Å². The van der Waals surface area contributed by atoms with Crippen LogP contribution < -0.4 is 5.32 Å². The molecule has 2 aliphatic heterocycles. The lowest BCUT2D eigenvalue weighted by atomic mass is 9.87. The first-order valence-corrected chi connectivity index (χ1v) is 8.29. The molecule has 0 bridgehead atoms. The summed E-state index contributed by atoms with van der Waals surface area (Å²) in [5, 5.41) is 3.41. The van der Waals surface area contributed by atoms with Crippen LogP contribution in [0.1, 0.15) is 21.6 Å². The third-order valence-corrected chi connectivity index (χ3v) is 5.29. The topological polar surface area (TPSA) is 48.1 Å². The molecule has 0 saturated heterocycles. The molecule has 7 heteroatoms. The molecule has 0 radical (unpaired) electrons. The second-order valence-electron chi connectivity index (χ2n) is 6.61. The van der Waals surface area contributed by atoms with Gasteiger partial charge in [0, 0.05) is 23.1 Å². The third kappa shape index (κ3) is 1.72. The van der Waals surface area contributed by atoms with E-state index in [2.05, 4.69) is 10.3 Å². The van der Waals surface area contributed by atoms with Crippen LogP contribution in [-0.2, 0) is 12.1 Å². The minimum atomic E-state index is -4.70. The summed E-state index contributed by atoms with van der Waals surface area (Å²) in [5.41, 5.74) is -0.903. The Kier molecular flexibility index (Phi) is 2.83.